The highest BCUT2D eigenvalue weighted by Crippen LogP contribution is 2.39. The summed E-state index contributed by atoms with van der Waals surface area (Å²) in [6.07, 6.45) is 4.07. The lowest BCUT2D eigenvalue weighted by atomic mass is 9.90. The van der Waals surface area contributed by atoms with Crippen molar-refractivity contribution in [1.29, 1.82) is 5.41 Å². The topological polar surface area (TPSA) is 112 Å². The first-order valence-corrected chi connectivity index (χ1v) is 9.99. The van der Waals surface area contributed by atoms with Gasteiger partial charge in [0.1, 0.15) is 11.1 Å². The van der Waals surface area contributed by atoms with E-state index in [1.54, 1.807) is 6.07 Å². The van der Waals surface area contributed by atoms with E-state index in [0.29, 0.717) is 11.3 Å². The van der Waals surface area contributed by atoms with Crippen LogP contribution in [0.3, 0.4) is 0 Å². The minimum Gasteiger partial charge on any atom is -0.438 e. The number of rotatable bonds is 3. The highest BCUT2D eigenvalue weighted by atomic mass is 16.6. The van der Waals surface area contributed by atoms with Gasteiger partial charge < -0.3 is 14.6 Å². The largest absolute Gasteiger partial charge is 0.438 e. The van der Waals surface area contributed by atoms with Gasteiger partial charge in [-0.3, -0.25) is 20.3 Å². The average molecular weight is 404 g/mol. The number of nitro benzene ring substituents is 1. The quantitative estimate of drug-likeness (QED) is 0.510. The standard InChI is InChI=1S/C22H20N4O4/c23-21-18(22(27)24-15-5-7-16(8-6-15)26(28)29)12-14-11-13-3-1-9-25-10-2-4-17(19(13)25)20(14)30-21/h5-8,11-12,23H,1-4,9-10H2,(H,24,27). The predicted octanol–water partition coefficient (Wildman–Crippen LogP) is 3.77. The first-order valence-electron chi connectivity index (χ1n) is 9.99. The summed E-state index contributed by atoms with van der Waals surface area (Å²) >= 11 is 0. The molecule has 3 heterocycles. The lowest BCUT2D eigenvalue weighted by Crippen LogP contribution is -2.34. The number of benzene rings is 2. The van der Waals surface area contributed by atoms with E-state index in [1.165, 1.54) is 35.5 Å². The lowest BCUT2D eigenvalue weighted by molar-refractivity contribution is -0.384. The number of aryl methyl sites for hydroxylation is 2. The number of hydrogen-bond acceptors (Lipinski definition) is 6. The molecule has 0 saturated heterocycles. The van der Waals surface area contributed by atoms with Gasteiger partial charge in [0.15, 0.2) is 0 Å². The maximum Gasteiger partial charge on any atom is 0.269 e. The molecule has 0 saturated carbocycles. The van der Waals surface area contributed by atoms with Gasteiger partial charge in [0.2, 0.25) is 5.55 Å². The Labute approximate surface area is 171 Å². The zero-order valence-electron chi connectivity index (χ0n) is 16.2. The summed E-state index contributed by atoms with van der Waals surface area (Å²) < 4.78 is 5.86. The molecular weight excluding hydrogens is 384 g/mol. The van der Waals surface area contributed by atoms with E-state index < -0.39 is 10.8 Å². The first kappa shape index (κ1) is 18.4. The maximum atomic E-state index is 12.8. The van der Waals surface area contributed by atoms with Crippen molar-refractivity contribution in [2.24, 2.45) is 0 Å². The van der Waals surface area contributed by atoms with Crippen LogP contribution in [-0.4, -0.2) is 23.9 Å². The Hall–Kier alpha value is -3.68. The normalized spacial score (nSPS) is 15.0. The zero-order chi connectivity index (χ0) is 20.8. The molecule has 2 aromatic carbocycles. The molecule has 0 atom stereocenters. The number of non-ortho nitro benzene ring substituents is 1. The second-order valence-electron chi connectivity index (χ2n) is 7.72. The summed E-state index contributed by atoms with van der Waals surface area (Å²) in [6, 6.07) is 9.37. The number of carbonyl (C=O) groups is 1. The monoisotopic (exact) mass is 404 g/mol. The van der Waals surface area contributed by atoms with Gasteiger partial charge in [-0.1, -0.05) is 0 Å². The molecule has 2 aliphatic rings. The van der Waals surface area contributed by atoms with Gasteiger partial charge in [0.05, 0.1) is 4.92 Å². The average Bonchev–Trinajstić information content (AvgIpc) is 2.74. The van der Waals surface area contributed by atoms with E-state index in [9.17, 15) is 14.9 Å². The van der Waals surface area contributed by atoms with Crippen LogP contribution >= 0.6 is 0 Å². The van der Waals surface area contributed by atoms with E-state index in [1.807, 2.05) is 0 Å². The van der Waals surface area contributed by atoms with Crippen LogP contribution in [-0.2, 0) is 12.8 Å². The number of anilines is 2. The Morgan fingerprint density at radius 1 is 1.13 bits per heavy atom. The molecule has 0 fully saturated rings. The molecule has 8 nitrogen and oxygen atoms in total. The summed E-state index contributed by atoms with van der Waals surface area (Å²) in [5.74, 6) is -0.479. The van der Waals surface area contributed by atoms with Crippen molar-refractivity contribution in [3.05, 3.63) is 68.8 Å². The summed E-state index contributed by atoms with van der Waals surface area (Å²) in [4.78, 5) is 25.5. The number of hydrogen-bond donors (Lipinski definition) is 2. The Morgan fingerprint density at radius 3 is 2.60 bits per heavy atom. The second kappa shape index (κ2) is 6.98. The third-order valence-electron chi connectivity index (χ3n) is 5.83. The van der Waals surface area contributed by atoms with E-state index >= 15 is 0 Å². The minimum atomic E-state index is -0.496. The molecule has 8 heteroatoms. The minimum absolute atomic E-state index is 0.0531. The van der Waals surface area contributed by atoms with Crippen molar-refractivity contribution in [3.63, 3.8) is 0 Å². The fraction of sp³-hybridized carbons (Fsp3) is 0.273. The van der Waals surface area contributed by atoms with E-state index in [0.717, 1.165) is 49.7 Å². The molecule has 5 rings (SSSR count). The Balaban J connectivity index is 1.53. The Kier molecular flexibility index (Phi) is 4.27. The molecule has 2 N–H and O–H groups in total. The maximum absolute atomic E-state index is 12.8. The Bertz CT molecular complexity index is 1240. The molecule has 2 aliphatic heterocycles. The summed E-state index contributed by atoms with van der Waals surface area (Å²) in [6.45, 7) is 2.10. The van der Waals surface area contributed by atoms with E-state index in [2.05, 4.69) is 16.3 Å². The lowest BCUT2D eigenvalue weighted by Gasteiger charge is -2.37. The first-order chi connectivity index (χ1) is 14.5. The van der Waals surface area contributed by atoms with Crippen LogP contribution in [0, 0.1) is 15.5 Å². The van der Waals surface area contributed by atoms with Gasteiger partial charge in [0.25, 0.3) is 11.6 Å². The number of nitrogens with one attached hydrogen (secondary N) is 2. The molecule has 0 aliphatic carbocycles. The number of nitrogens with zero attached hydrogens (tertiary/aromatic N) is 2. The summed E-state index contributed by atoms with van der Waals surface area (Å²) in [7, 11) is 0. The number of fused-ring (bicyclic) bond motifs is 2. The van der Waals surface area contributed by atoms with Gasteiger partial charge in [-0.25, -0.2) is 0 Å². The Morgan fingerprint density at radius 2 is 1.87 bits per heavy atom. The summed E-state index contributed by atoms with van der Waals surface area (Å²) in [5.41, 5.74) is 4.68. The van der Waals surface area contributed by atoms with Gasteiger partial charge in [-0.15, -0.1) is 0 Å². The third-order valence-corrected chi connectivity index (χ3v) is 5.83. The van der Waals surface area contributed by atoms with Gasteiger partial charge in [0, 0.05) is 47.5 Å². The third kappa shape index (κ3) is 3.01. The molecule has 3 aromatic rings. The fourth-order valence-electron chi connectivity index (χ4n) is 4.50. The van der Waals surface area contributed by atoms with E-state index in [4.69, 9.17) is 9.83 Å². The predicted molar refractivity (Wildman–Crippen MR) is 112 cm³/mol. The van der Waals surface area contributed by atoms with Crippen LogP contribution in [0.2, 0.25) is 0 Å². The van der Waals surface area contributed by atoms with Gasteiger partial charge >= 0.3 is 0 Å². The fourth-order valence-corrected chi connectivity index (χ4v) is 4.50. The molecule has 0 spiro atoms. The van der Waals surface area contributed by atoms with Crippen molar-refractivity contribution < 1.29 is 14.1 Å². The van der Waals surface area contributed by atoms with Crippen molar-refractivity contribution in [1.82, 2.24) is 0 Å². The van der Waals surface area contributed by atoms with Gasteiger partial charge in [-0.05, 0) is 55.5 Å². The number of nitro groups is 1. The van der Waals surface area contributed by atoms with Crippen LogP contribution in [0.4, 0.5) is 17.1 Å². The van der Waals surface area contributed by atoms with Crippen molar-refractivity contribution >= 4 is 33.9 Å². The molecule has 1 aromatic heterocycles. The van der Waals surface area contributed by atoms with Crippen LogP contribution in [0.1, 0.15) is 34.3 Å². The van der Waals surface area contributed by atoms with Gasteiger partial charge in [-0.2, -0.15) is 0 Å². The molecule has 0 unspecified atom stereocenters. The highest BCUT2D eigenvalue weighted by molar-refractivity contribution is 6.05. The molecule has 1 amide bonds. The highest BCUT2D eigenvalue weighted by Gasteiger charge is 2.27. The molecule has 152 valence electrons. The van der Waals surface area contributed by atoms with Crippen LogP contribution in [0.25, 0.3) is 11.0 Å². The summed E-state index contributed by atoms with van der Waals surface area (Å²) in [5, 5.41) is 22.6. The molecule has 0 bridgehead atoms. The van der Waals surface area contributed by atoms with E-state index in [-0.39, 0.29) is 16.8 Å². The SMILES string of the molecule is N=c1oc2c3c4c(cc2cc1C(=O)Nc1ccc([N+](=O)[O-])cc1)CCCN4CCC3. The number of amides is 1. The van der Waals surface area contributed by atoms with Crippen LogP contribution in [0.15, 0.2) is 40.8 Å². The van der Waals surface area contributed by atoms with Crippen molar-refractivity contribution in [2.45, 2.75) is 25.7 Å². The van der Waals surface area contributed by atoms with Crippen LogP contribution in [0.5, 0.6) is 0 Å². The molecule has 0 radical (unpaired) electrons. The smallest absolute Gasteiger partial charge is 0.269 e. The number of carbonyl (C=O) groups excluding carboxylic acids is 1. The molecule has 30 heavy (non-hydrogen) atoms. The van der Waals surface area contributed by atoms with Crippen molar-refractivity contribution in [3.8, 4) is 0 Å². The van der Waals surface area contributed by atoms with Crippen LogP contribution < -0.4 is 15.8 Å². The second-order valence-corrected chi connectivity index (χ2v) is 7.72. The zero-order valence-corrected chi connectivity index (χ0v) is 16.2. The molecular formula is C22H20N4O4. The van der Waals surface area contributed by atoms with Crippen molar-refractivity contribution in [2.75, 3.05) is 23.3 Å².